The predicted molar refractivity (Wildman–Crippen MR) is 69.3 cm³/mol. The van der Waals surface area contributed by atoms with E-state index >= 15 is 0 Å². The van der Waals surface area contributed by atoms with Crippen molar-refractivity contribution in [3.63, 3.8) is 0 Å². The van der Waals surface area contributed by atoms with Crippen molar-refractivity contribution in [1.29, 1.82) is 0 Å². The molecule has 4 N–H and O–H groups in total. The van der Waals surface area contributed by atoms with Crippen molar-refractivity contribution in [3.05, 3.63) is 15.8 Å². The van der Waals surface area contributed by atoms with Gasteiger partial charge in [0.25, 0.3) is 0 Å². The third-order valence-corrected chi connectivity index (χ3v) is 4.98. The number of carboxylic acid groups (broad SMARTS) is 1. The van der Waals surface area contributed by atoms with Gasteiger partial charge in [-0.3, -0.25) is 9.59 Å². The summed E-state index contributed by atoms with van der Waals surface area (Å²) >= 11 is 1.29. The minimum atomic E-state index is -3.99. The third-order valence-electron chi connectivity index (χ3n) is 2.29. The molecular weight excluding hydrogens is 292 g/mol. The van der Waals surface area contributed by atoms with Gasteiger partial charge in [0.2, 0.25) is 15.9 Å². The molecule has 0 aliphatic heterocycles. The Morgan fingerprint density at radius 3 is 2.42 bits per heavy atom. The monoisotopic (exact) mass is 306 g/mol. The number of carbonyl (C=O) groups is 2. The van der Waals surface area contributed by atoms with Gasteiger partial charge < -0.3 is 10.8 Å². The van der Waals surface area contributed by atoms with Crippen LogP contribution in [0.1, 0.15) is 16.2 Å². The normalized spacial score (nSPS) is 13.2. The minimum absolute atomic E-state index is 0.0192. The van der Waals surface area contributed by atoms with Crippen LogP contribution in [0.15, 0.2) is 11.0 Å². The van der Waals surface area contributed by atoms with E-state index in [1.54, 1.807) is 13.8 Å². The van der Waals surface area contributed by atoms with Gasteiger partial charge in [-0.15, -0.1) is 11.3 Å². The van der Waals surface area contributed by atoms with Crippen molar-refractivity contribution < 1.29 is 23.1 Å². The first kappa shape index (κ1) is 15.6. The Balaban J connectivity index is 3.04. The molecule has 0 aromatic carbocycles. The first-order chi connectivity index (χ1) is 8.63. The van der Waals surface area contributed by atoms with Gasteiger partial charge in [-0.25, -0.2) is 8.42 Å². The predicted octanol–water partition coefficient (Wildman–Crippen LogP) is -0.0282. The number of aryl methyl sites for hydroxylation is 2. The second-order valence-electron chi connectivity index (χ2n) is 3.96. The number of nitrogens with one attached hydrogen (secondary N) is 1. The lowest BCUT2D eigenvalue weighted by atomic mass is 10.2. The molecule has 0 saturated carbocycles. The molecule has 1 heterocycles. The van der Waals surface area contributed by atoms with Crippen molar-refractivity contribution in [3.8, 4) is 0 Å². The second-order valence-corrected chi connectivity index (χ2v) is 7.10. The fourth-order valence-electron chi connectivity index (χ4n) is 1.51. The molecule has 0 spiro atoms. The number of primary amides is 1. The molecule has 1 aromatic heterocycles. The van der Waals surface area contributed by atoms with Crippen LogP contribution in [0.5, 0.6) is 0 Å². The van der Waals surface area contributed by atoms with E-state index in [2.05, 4.69) is 0 Å². The summed E-state index contributed by atoms with van der Waals surface area (Å²) in [5.74, 6) is -2.35. The number of hydrogen-bond donors (Lipinski definition) is 3. The van der Waals surface area contributed by atoms with Crippen molar-refractivity contribution in [2.24, 2.45) is 5.73 Å². The molecule has 0 aliphatic rings. The maximum absolute atomic E-state index is 12.0. The molecule has 106 valence electrons. The lowest BCUT2D eigenvalue weighted by molar-refractivity contribution is -0.140. The molecule has 7 nitrogen and oxygen atoms in total. The second kappa shape index (κ2) is 5.68. The van der Waals surface area contributed by atoms with Crippen LogP contribution < -0.4 is 10.5 Å². The summed E-state index contributed by atoms with van der Waals surface area (Å²) in [5, 5.41) is 8.87. The molecule has 1 amide bonds. The maximum atomic E-state index is 12.0. The Hall–Kier alpha value is -1.45. The Morgan fingerprint density at radius 1 is 1.47 bits per heavy atom. The molecule has 9 heteroatoms. The van der Waals surface area contributed by atoms with E-state index in [1.165, 1.54) is 17.4 Å². The van der Waals surface area contributed by atoms with Crippen LogP contribution in [-0.4, -0.2) is 31.4 Å². The Morgan fingerprint density at radius 2 is 2.05 bits per heavy atom. The van der Waals surface area contributed by atoms with Gasteiger partial charge in [0.1, 0.15) is 6.04 Å². The third kappa shape index (κ3) is 4.01. The fraction of sp³-hybridized carbons (Fsp3) is 0.400. The van der Waals surface area contributed by atoms with Gasteiger partial charge in [0.15, 0.2) is 0 Å². The molecule has 1 aromatic rings. The van der Waals surface area contributed by atoms with Crippen LogP contribution in [-0.2, 0) is 19.6 Å². The highest BCUT2D eigenvalue weighted by molar-refractivity contribution is 7.89. The number of rotatable bonds is 6. The zero-order valence-electron chi connectivity index (χ0n) is 10.3. The van der Waals surface area contributed by atoms with Crippen molar-refractivity contribution in [2.45, 2.75) is 31.2 Å². The van der Waals surface area contributed by atoms with Crippen LogP contribution in [0.2, 0.25) is 0 Å². The molecule has 1 rings (SSSR count). The van der Waals surface area contributed by atoms with E-state index in [0.29, 0.717) is 4.88 Å². The number of thiophene rings is 1. The van der Waals surface area contributed by atoms with Gasteiger partial charge in [-0.05, 0) is 19.9 Å². The quantitative estimate of drug-likeness (QED) is 0.680. The molecule has 19 heavy (non-hydrogen) atoms. The highest BCUT2D eigenvalue weighted by atomic mass is 32.2. The lowest BCUT2D eigenvalue weighted by Gasteiger charge is -2.12. The number of aliphatic carboxylic acids is 1. The van der Waals surface area contributed by atoms with Gasteiger partial charge >= 0.3 is 5.97 Å². The summed E-state index contributed by atoms with van der Waals surface area (Å²) in [6.45, 7) is 3.37. The standard InChI is InChI=1S/C10H14N2O5S2/c1-5-3-8(6(2)18-5)19(16,17)12-7(10(14)15)4-9(11)13/h3,7,12H,4H2,1-2H3,(H2,11,13)(H,14,15)/t7-/m1/s1. The number of carboxylic acids is 1. The Labute approximate surface area is 114 Å². The van der Waals surface area contributed by atoms with Gasteiger partial charge in [0.05, 0.1) is 11.3 Å². The topological polar surface area (TPSA) is 127 Å². The van der Waals surface area contributed by atoms with Crippen molar-refractivity contribution in [2.75, 3.05) is 0 Å². The molecule has 1 atom stereocenters. The molecule has 0 saturated heterocycles. The van der Waals surface area contributed by atoms with E-state index in [-0.39, 0.29) is 4.90 Å². The van der Waals surface area contributed by atoms with E-state index in [4.69, 9.17) is 10.8 Å². The van der Waals surface area contributed by atoms with E-state index in [1.807, 2.05) is 4.72 Å². The summed E-state index contributed by atoms with van der Waals surface area (Å²) < 4.78 is 26.1. The first-order valence-electron chi connectivity index (χ1n) is 5.24. The van der Waals surface area contributed by atoms with Crippen LogP contribution >= 0.6 is 11.3 Å². The van der Waals surface area contributed by atoms with E-state index in [0.717, 1.165) is 4.88 Å². The number of nitrogens with two attached hydrogens (primary N) is 1. The molecule has 0 radical (unpaired) electrons. The molecular formula is C10H14N2O5S2. The van der Waals surface area contributed by atoms with Crippen LogP contribution in [0.3, 0.4) is 0 Å². The number of sulfonamides is 1. The van der Waals surface area contributed by atoms with Crippen LogP contribution in [0, 0.1) is 13.8 Å². The van der Waals surface area contributed by atoms with E-state index in [9.17, 15) is 18.0 Å². The SMILES string of the molecule is Cc1cc(S(=O)(=O)N[C@H](CC(N)=O)C(=O)O)c(C)s1. The average molecular weight is 306 g/mol. The van der Waals surface area contributed by atoms with Gasteiger partial charge in [0, 0.05) is 9.75 Å². The van der Waals surface area contributed by atoms with Gasteiger partial charge in [-0.1, -0.05) is 0 Å². The molecule has 0 bridgehead atoms. The largest absolute Gasteiger partial charge is 0.480 e. The van der Waals surface area contributed by atoms with Crippen LogP contribution in [0.25, 0.3) is 0 Å². The highest BCUT2D eigenvalue weighted by Gasteiger charge is 2.28. The number of carbonyl (C=O) groups excluding carboxylic acids is 1. The maximum Gasteiger partial charge on any atom is 0.322 e. The summed E-state index contributed by atoms with van der Waals surface area (Å²) in [5.41, 5.74) is 4.89. The number of amides is 1. The van der Waals surface area contributed by atoms with Crippen LogP contribution in [0.4, 0.5) is 0 Å². The summed E-state index contributed by atoms with van der Waals surface area (Å²) in [6.07, 6.45) is -0.600. The highest BCUT2D eigenvalue weighted by Crippen LogP contribution is 2.25. The van der Waals surface area contributed by atoms with E-state index < -0.39 is 34.4 Å². The molecule has 0 aliphatic carbocycles. The lowest BCUT2D eigenvalue weighted by Crippen LogP contribution is -2.43. The zero-order chi connectivity index (χ0) is 14.8. The minimum Gasteiger partial charge on any atom is -0.480 e. The first-order valence-corrected chi connectivity index (χ1v) is 7.54. The Kier molecular flexibility index (Phi) is 4.66. The summed E-state index contributed by atoms with van der Waals surface area (Å²) in [7, 11) is -3.99. The fourth-order valence-corrected chi connectivity index (χ4v) is 4.25. The van der Waals surface area contributed by atoms with Crippen molar-refractivity contribution >= 4 is 33.2 Å². The number of hydrogen-bond acceptors (Lipinski definition) is 5. The summed E-state index contributed by atoms with van der Waals surface area (Å²) in [4.78, 5) is 23.0. The zero-order valence-corrected chi connectivity index (χ0v) is 12.0. The van der Waals surface area contributed by atoms with Gasteiger partial charge in [-0.2, -0.15) is 4.72 Å². The Bertz CT molecular complexity index is 605. The molecule has 0 fully saturated rings. The average Bonchev–Trinajstić information content (AvgIpc) is 2.56. The molecule has 0 unspecified atom stereocenters. The summed E-state index contributed by atoms with van der Waals surface area (Å²) in [6, 6.07) is -0.118. The van der Waals surface area contributed by atoms with Crippen molar-refractivity contribution in [1.82, 2.24) is 4.72 Å². The smallest absolute Gasteiger partial charge is 0.322 e.